The van der Waals surface area contributed by atoms with Crippen molar-refractivity contribution < 1.29 is 14.2 Å². The highest BCUT2D eigenvalue weighted by atomic mass is 32.1. The average molecular weight is 309 g/mol. The van der Waals surface area contributed by atoms with Gasteiger partial charge in [0.05, 0.1) is 19.3 Å². The highest BCUT2D eigenvalue weighted by Gasteiger charge is 2.06. The predicted octanol–water partition coefficient (Wildman–Crippen LogP) is 2.86. The maximum Gasteiger partial charge on any atom is 0.128 e. The molecule has 0 saturated carbocycles. The lowest BCUT2D eigenvalue weighted by Crippen LogP contribution is -2.30. The summed E-state index contributed by atoms with van der Waals surface area (Å²) in [6, 6.07) is 6.49. The SMILES string of the molecule is Cc1cscc1CNCC(O)COCc1ccccc1F. The molecule has 21 heavy (non-hydrogen) atoms. The van der Waals surface area contributed by atoms with Gasteiger partial charge in [-0.3, -0.25) is 0 Å². The van der Waals surface area contributed by atoms with Crippen molar-refractivity contribution in [1.82, 2.24) is 5.32 Å². The molecule has 2 aromatic rings. The van der Waals surface area contributed by atoms with Gasteiger partial charge in [-0.05, 0) is 34.9 Å². The van der Waals surface area contributed by atoms with Crippen LogP contribution in [0.4, 0.5) is 4.39 Å². The quantitative estimate of drug-likeness (QED) is 0.788. The second-order valence-corrected chi connectivity index (χ2v) is 5.71. The van der Waals surface area contributed by atoms with E-state index in [2.05, 4.69) is 23.0 Å². The van der Waals surface area contributed by atoms with Gasteiger partial charge in [0.1, 0.15) is 5.82 Å². The molecule has 1 aromatic carbocycles. The van der Waals surface area contributed by atoms with Gasteiger partial charge in [-0.25, -0.2) is 4.39 Å². The van der Waals surface area contributed by atoms with Crippen molar-refractivity contribution in [1.29, 1.82) is 0 Å². The fourth-order valence-corrected chi connectivity index (χ4v) is 2.78. The zero-order chi connectivity index (χ0) is 15.1. The maximum absolute atomic E-state index is 13.4. The van der Waals surface area contributed by atoms with Crippen LogP contribution in [0, 0.1) is 12.7 Å². The highest BCUT2D eigenvalue weighted by Crippen LogP contribution is 2.13. The topological polar surface area (TPSA) is 41.5 Å². The molecule has 2 N–H and O–H groups in total. The van der Waals surface area contributed by atoms with E-state index < -0.39 is 6.10 Å². The van der Waals surface area contributed by atoms with Gasteiger partial charge in [0.25, 0.3) is 0 Å². The van der Waals surface area contributed by atoms with Crippen LogP contribution >= 0.6 is 11.3 Å². The van der Waals surface area contributed by atoms with Crippen molar-refractivity contribution in [2.75, 3.05) is 13.2 Å². The molecular weight excluding hydrogens is 289 g/mol. The summed E-state index contributed by atoms with van der Waals surface area (Å²) in [5.41, 5.74) is 3.02. The fraction of sp³-hybridized carbons (Fsp3) is 0.375. The van der Waals surface area contributed by atoms with Gasteiger partial charge >= 0.3 is 0 Å². The lowest BCUT2D eigenvalue weighted by molar-refractivity contribution is 0.0277. The number of nitrogens with one attached hydrogen (secondary N) is 1. The molecule has 0 bridgehead atoms. The Morgan fingerprint density at radius 3 is 2.81 bits per heavy atom. The summed E-state index contributed by atoms with van der Waals surface area (Å²) >= 11 is 1.68. The second kappa shape index (κ2) is 8.24. The Balaban J connectivity index is 1.63. The molecule has 0 saturated heterocycles. The van der Waals surface area contributed by atoms with E-state index in [1.54, 1.807) is 29.5 Å². The molecule has 0 radical (unpaired) electrons. The molecule has 114 valence electrons. The first kappa shape index (κ1) is 16.1. The summed E-state index contributed by atoms with van der Waals surface area (Å²) in [6.07, 6.45) is -0.601. The summed E-state index contributed by atoms with van der Waals surface area (Å²) in [6.45, 7) is 3.62. The minimum Gasteiger partial charge on any atom is -0.389 e. The third-order valence-electron chi connectivity index (χ3n) is 3.18. The molecule has 0 fully saturated rings. The Hall–Kier alpha value is -1.27. The maximum atomic E-state index is 13.4. The molecule has 5 heteroatoms. The first-order valence-electron chi connectivity index (χ1n) is 6.88. The predicted molar refractivity (Wildman–Crippen MR) is 82.8 cm³/mol. The van der Waals surface area contributed by atoms with E-state index >= 15 is 0 Å². The lowest BCUT2D eigenvalue weighted by atomic mass is 10.2. The summed E-state index contributed by atoms with van der Waals surface area (Å²) in [7, 11) is 0. The van der Waals surface area contributed by atoms with E-state index in [0.717, 1.165) is 6.54 Å². The minimum absolute atomic E-state index is 0.174. The highest BCUT2D eigenvalue weighted by molar-refractivity contribution is 7.08. The van der Waals surface area contributed by atoms with E-state index in [4.69, 9.17) is 4.74 Å². The third-order valence-corrected chi connectivity index (χ3v) is 4.09. The van der Waals surface area contributed by atoms with Crippen LogP contribution in [0.5, 0.6) is 0 Å². The van der Waals surface area contributed by atoms with Crippen LogP contribution in [-0.2, 0) is 17.9 Å². The van der Waals surface area contributed by atoms with Gasteiger partial charge in [0, 0.05) is 18.7 Å². The molecule has 1 unspecified atom stereocenters. The third kappa shape index (κ3) is 5.21. The molecular formula is C16H20FNO2S. The average Bonchev–Trinajstić information content (AvgIpc) is 2.87. The van der Waals surface area contributed by atoms with E-state index in [1.165, 1.54) is 17.2 Å². The van der Waals surface area contributed by atoms with Gasteiger partial charge in [-0.2, -0.15) is 11.3 Å². The van der Waals surface area contributed by atoms with Crippen molar-refractivity contribution in [2.45, 2.75) is 26.2 Å². The number of hydrogen-bond acceptors (Lipinski definition) is 4. The number of aliphatic hydroxyl groups is 1. The molecule has 0 amide bonds. The second-order valence-electron chi connectivity index (χ2n) is 4.97. The summed E-state index contributed by atoms with van der Waals surface area (Å²) in [4.78, 5) is 0. The van der Waals surface area contributed by atoms with Crippen molar-refractivity contribution in [3.8, 4) is 0 Å². The summed E-state index contributed by atoms with van der Waals surface area (Å²) in [5.74, 6) is -0.280. The molecule has 0 aliphatic carbocycles. The molecule has 1 aromatic heterocycles. The first-order chi connectivity index (χ1) is 10.2. The Bertz CT molecular complexity index is 559. The molecule has 2 rings (SSSR count). The van der Waals surface area contributed by atoms with Crippen LogP contribution in [0.1, 0.15) is 16.7 Å². The van der Waals surface area contributed by atoms with E-state index in [0.29, 0.717) is 12.1 Å². The van der Waals surface area contributed by atoms with E-state index in [1.807, 2.05) is 0 Å². The van der Waals surface area contributed by atoms with Gasteiger partial charge in [0.15, 0.2) is 0 Å². The number of aliphatic hydroxyl groups excluding tert-OH is 1. The molecule has 0 aliphatic rings. The number of aryl methyl sites for hydroxylation is 1. The van der Waals surface area contributed by atoms with E-state index in [-0.39, 0.29) is 19.0 Å². The van der Waals surface area contributed by atoms with Crippen LogP contribution in [0.25, 0.3) is 0 Å². The zero-order valence-electron chi connectivity index (χ0n) is 12.0. The van der Waals surface area contributed by atoms with Crippen molar-refractivity contribution in [3.05, 3.63) is 57.5 Å². The van der Waals surface area contributed by atoms with Gasteiger partial charge in [-0.1, -0.05) is 18.2 Å². The molecule has 1 heterocycles. The number of hydrogen-bond donors (Lipinski definition) is 2. The molecule has 0 spiro atoms. The van der Waals surface area contributed by atoms with Crippen LogP contribution in [0.3, 0.4) is 0 Å². The minimum atomic E-state index is -0.601. The summed E-state index contributed by atoms with van der Waals surface area (Å²) < 4.78 is 18.7. The van der Waals surface area contributed by atoms with Crippen molar-refractivity contribution >= 4 is 11.3 Å². The van der Waals surface area contributed by atoms with Crippen LogP contribution in [0.15, 0.2) is 35.0 Å². The van der Waals surface area contributed by atoms with Gasteiger partial charge in [-0.15, -0.1) is 0 Å². The molecule has 0 aliphatic heterocycles. The van der Waals surface area contributed by atoms with Crippen molar-refractivity contribution in [3.63, 3.8) is 0 Å². The molecule has 3 nitrogen and oxygen atoms in total. The number of thiophene rings is 1. The summed E-state index contributed by atoms with van der Waals surface area (Å²) in [5, 5.41) is 17.2. The van der Waals surface area contributed by atoms with Crippen molar-refractivity contribution in [2.24, 2.45) is 0 Å². The Morgan fingerprint density at radius 2 is 2.10 bits per heavy atom. The lowest BCUT2D eigenvalue weighted by Gasteiger charge is -2.12. The first-order valence-corrected chi connectivity index (χ1v) is 7.82. The monoisotopic (exact) mass is 309 g/mol. The number of ether oxygens (including phenoxy) is 1. The Morgan fingerprint density at radius 1 is 1.29 bits per heavy atom. The smallest absolute Gasteiger partial charge is 0.128 e. The largest absolute Gasteiger partial charge is 0.389 e. The number of benzene rings is 1. The number of halogens is 1. The standard InChI is InChI=1S/C16H20FNO2S/c1-12-10-21-11-14(12)6-18-7-15(19)9-20-8-13-4-2-3-5-16(13)17/h2-5,10-11,15,18-19H,6-9H2,1H3. The van der Waals surface area contributed by atoms with E-state index in [9.17, 15) is 9.50 Å². The van der Waals surface area contributed by atoms with Gasteiger partial charge < -0.3 is 15.2 Å². The number of rotatable bonds is 8. The van der Waals surface area contributed by atoms with Crippen LogP contribution < -0.4 is 5.32 Å². The zero-order valence-corrected chi connectivity index (χ0v) is 12.8. The fourth-order valence-electron chi connectivity index (χ4n) is 1.92. The molecule has 1 atom stereocenters. The Labute approximate surface area is 128 Å². The van der Waals surface area contributed by atoms with Crippen LogP contribution in [-0.4, -0.2) is 24.4 Å². The van der Waals surface area contributed by atoms with Gasteiger partial charge in [0.2, 0.25) is 0 Å². The normalized spacial score (nSPS) is 12.5. The van der Waals surface area contributed by atoms with Crippen LogP contribution in [0.2, 0.25) is 0 Å². The Kier molecular flexibility index (Phi) is 6.32.